The van der Waals surface area contributed by atoms with E-state index < -0.39 is 11.9 Å². The van der Waals surface area contributed by atoms with E-state index in [9.17, 15) is 19.1 Å². The van der Waals surface area contributed by atoms with Crippen LogP contribution in [-0.4, -0.2) is 29.2 Å². The molecule has 6 nitrogen and oxygen atoms in total. The van der Waals surface area contributed by atoms with Crippen LogP contribution in [0.15, 0.2) is 54.6 Å². The molecule has 0 unspecified atom stereocenters. The smallest absolute Gasteiger partial charge is 0.319 e. The van der Waals surface area contributed by atoms with Gasteiger partial charge >= 0.3 is 6.03 Å². The number of nitrogens with one attached hydrogen (secondary N) is 3. The molecule has 4 rings (SSSR count). The number of hydrogen-bond acceptors (Lipinski definition) is 3. The number of carbonyl (C=O) groups excluding carboxylic acids is 2. The number of anilines is 1. The Balaban J connectivity index is 1.39. The quantitative estimate of drug-likeness (QED) is 0.450. The SMILES string of the molecule is C[C@H]1[C@@H]2[C@@H](O)[C@@H]([C@H](C)C(=O)NCc3ccccc3)CC[C@@]2(C)CC[C@@H]1NC(=O)Nc1cccc(F)c1. The zero-order valence-corrected chi connectivity index (χ0v) is 21.3. The number of halogens is 1. The molecule has 2 aromatic rings. The maximum absolute atomic E-state index is 13.5. The standard InChI is InChI=1S/C29H38FN3O3/c1-18(27(35)31-17-20-8-5-4-6-9-20)23-12-14-29(3)15-13-24(19(2)25(29)26(23)34)33-28(36)32-22-11-7-10-21(30)16-22/h4-11,16,18-19,23-26,34H,12-15,17H2,1-3H3,(H,31,35)(H2,32,33,36)/t18-,19+,23+,24-,25+,26-,29-/m0/s1. The third kappa shape index (κ3) is 5.72. The molecule has 7 atom stereocenters. The van der Waals surface area contributed by atoms with Crippen LogP contribution in [-0.2, 0) is 11.3 Å². The molecule has 7 heteroatoms. The van der Waals surface area contributed by atoms with Gasteiger partial charge in [0, 0.05) is 24.2 Å². The summed E-state index contributed by atoms with van der Waals surface area (Å²) in [5, 5.41) is 20.4. The van der Waals surface area contributed by atoms with Gasteiger partial charge in [0.1, 0.15) is 5.82 Å². The largest absolute Gasteiger partial charge is 0.392 e. The minimum atomic E-state index is -0.632. The van der Waals surface area contributed by atoms with Crippen molar-refractivity contribution in [2.24, 2.45) is 29.1 Å². The van der Waals surface area contributed by atoms with Crippen molar-refractivity contribution in [1.82, 2.24) is 10.6 Å². The highest BCUT2D eigenvalue weighted by Gasteiger charge is 2.53. The Hall–Kier alpha value is -2.93. The minimum absolute atomic E-state index is 0.0272. The number of fused-ring (bicyclic) bond motifs is 1. The number of rotatable bonds is 6. The number of aliphatic hydroxyl groups is 1. The first kappa shape index (κ1) is 26.1. The Morgan fingerprint density at radius 2 is 1.83 bits per heavy atom. The summed E-state index contributed by atoms with van der Waals surface area (Å²) in [6.07, 6.45) is 2.83. The number of urea groups is 1. The van der Waals surface area contributed by atoms with Crippen LogP contribution < -0.4 is 16.0 Å². The summed E-state index contributed by atoms with van der Waals surface area (Å²) < 4.78 is 13.5. The fraction of sp³-hybridized carbons (Fsp3) is 0.517. The van der Waals surface area contributed by atoms with Crippen molar-refractivity contribution in [3.05, 3.63) is 66.0 Å². The molecule has 0 aromatic heterocycles. The number of hydrogen-bond donors (Lipinski definition) is 4. The summed E-state index contributed by atoms with van der Waals surface area (Å²) in [6, 6.07) is 15.1. The first-order chi connectivity index (χ1) is 17.2. The predicted molar refractivity (Wildman–Crippen MR) is 139 cm³/mol. The van der Waals surface area contributed by atoms with E-state index >= 15 is 0 Å². The predicted octanol–water partition coefficient (Wildman–Crippen LogP) is 5.09. The van der Waals surface area contributed by atoms with Crippen molar-refractivity contribution in [1.29, 1.82) is 0 Å². The van der Waals surface area contributed by atoms with Crippen molar-refractivity contribution in [3.63, 3.8) is 0 Å². The number of aliphatic hydroxyl groups excluding tert-OH is 1. The van der Waals surface area contributed by atoms with Gasteiger partial charge in [0.15, 0.2) is 0 Å². The molecule has 3 amide bonds. The maximum Gasteiger partial charge on any atom is 0.319 e. The van der Waals surface area contributed by atoms with Gasteiger partial charge < -0.3 is 21.1 Å². The van der Waals surface area contributed by atoms with Gasteiger partial charge in [0.2, 0.25) is 5.91 Å². The van der Waals surface area contributed by atoms with Gasteiger partial charge in [-0.3, -0.25) is 4.79 Å². The summed E-state index contributed by atoms with van der Waals surface area (Å²) in [7, 11) is 0. The lowest BCUT2D eigenvalue weighted by Gasteiger charge is -2.56. The number of benzene rings is 2. The summed E-state index contributed by atoms with van der Waals surface area (Å²) in [5.74, 6) is -0.911. The summed E-state index contributed by atoms with van der Waals surface area (Å²) in [6.45, 7) is 6.70. The Bertz CT molecular complexity index is 1060. The molecule has 0 saturated heterocycles. The topological polar surface area (TPSA) is 90.5 Å². The molecule has 0 spiro atoms. The molecule has 2 aliphatic rings. The molecule has 2 aromatic carbocycles. The van der Waals surface area contributed by atoms with Crippen molar-refractivity contribution >= 4 is 17.6 Å². The van der Waals surface area contributed by atoms with E-state index in [0.29, 0.717) is 12.2 Å². The highest BCUT2D eigenvalue weighted by Crippen LogP contribution is 2.55. The zero-order chi connectivity index (χ0) is 25.9. The fourth-order valence-corrected chi connectivity index (χ4v) is 6.54. The van der Waals surface area contributed by atoms with Crippen LogP contribution >= 0.6 is 0 Å². The second-order valence-electron chi connectivity index (χ2n) is 11.0. The normalized spacial score (nSPS) is 30.5. The molecule has 2 saturated carbocycles. The maximum atomic E-state index is 13.5. The monoisotopic (exact) mass is 495 g/mol. The first-order valence-electron chi connectivity index (χ1n) is 13.0. The minimum Gasteiger partial charge on any atom is -0.392 e. The van der Waals surface area contributed by atoms with E-state index in [-0.39, 0.29) is 47.1 Å². The van der Waals surface area contributed by atoms with E-state index in [4.69, 9.17) is 0 Å². The second-order valence-corrected chi connectivity index (χ2v) is 11.0. The lowest BCUT2D eigenvalue weighted by atomic mass is 9.52. The van der Waals surface area contributed by atoms with Crippen LogP contribution in [0.3, 0.4) is 0 Å². The molecule has 0 radical (unpaired) electrons. The lowest BCUT2D eigenvalue weighted by Crippen LogP contribution is -2.58. The van der Waals surface area contributed by atoms with E-state index in [0.717, 1.165) is 31.2 Å². The van der Waals surface area contributed by atoms with Crippen LogP contribution in [0.5, 0.6) is 0 Å². The van der Waals surface area contributed by atoms with Gasteiger partial charge in [-0.05, 0) is 72.6 Å². The van der Waals surface area contributed by atoms with E-state index in [1.54, 1.807) is 12.1 Å². The molecule has 194 valence electrons. The zero-order valence-electron chi connectivity index (χ0n) is 21.3. The average molecular weight is 496 g/mol. The molecule has 4 N–H and O–H groups in total. The Kier molecular flexibility index (Phi) is 7.98. The molecule has 0 bridgehead atoms. The molecular formula is C29H38FN3O3. The molecule has 0 heterocycles. The molecular weight excluding hydrogens is 457 g/mol. The third-order valence-electron chi connectivity index (χ3n) is 8.65. The van der Waals surface area contributed by atoms with Crippen LogP contribution in [0, 0.1) is 34.9 Å². The van der Waals surface area contributed by atoms with Gasteiger partial charge in [-0.2, -0.15) is 0 Å². The van der Waals surface area contributed by atoms with E-state index in [1.807, 2.05) is 37.3 Å². The molecule has 0 aliphatic heterocycles. The Labute approximate surface area is 213 Å². The molecule has 2 fully saturated rings. The van der Waals surface area contributed by atoms with Crippen molar-refractivity contribution < 1.29 is 19.1 Å². The van der Waals surface area contributed by atoms with Gasteiger partial charge in [-0.25, -0.2) is 9.18 Å². The highest BCUT2D eigenvalue weighted by atomic mass is 19.1. The van der Waals surface area contributed by atoms with Crippen LogP contribution in [0.25, 0.3) is 0 Å². The first-order valence-corrected chi connectivity index (χ1v) is 13.0. The van der Waals surface area contributed by atoms with Crippen molar-refractivity contribution in [2.75, 3.05) is 5.32 Å². The number of carbonyl (C=O) groups is 2. The van der Waals surface area contributed by atoms with Gasteiger partial charge in [-0.15, -0.1) is 0 Å². The summed E-state index contributed by atoms with van der Waals surface area (Å²) in [4.78, 5) is 25.6. The molecule has 2 aliphatic carbocycles. The summed E-state index contributed by atoms with van der Waals surface area (Å²) in [5.41, 5.74) is 1.40. The van der Waals surface area contributed by atoms with Crippen molar-refractivity contribution in [3.8, 4) is 0 Å². The highest BCUT2D eigenvalue weighted by molar-refractivity contribution is 5.89. The lowest BCUT2D eigenvalue weighted by molar-refractivity contribution is -0.142. The van der Waals surface area contributed by atoms with Crippen molar-refractivity contribution in [2.45, 2.75) is 65.1 Å². The Morgan fingerprint density at radius 3 is 2.56 bits per heavy atom. The van der Waals surface area contributed by atoms with E-state index in [1.165, 1.54) is 12.1 Å². The van der Waals surface area contributed by atoms with Crippen LogP contribution in [0.4, 0.5) is 14.9 Å². The second kappa shape index (κ2) is 11.0. The van der Waals surface area contributed by atoms with E-state index in [2.05, 4.69) is 29.8 Å². The van der Waals surface area contributed by atoms with Crippen LogP contribution in [0.1, 0.15) is 52.0 Å². The van der Waals surface area contributed by atoms with Gasteiger partial charge in [0.25, 0.3) is 0 Å². The fourth-order valence-electron chi connectivity index (χ4n) is 6.54. The average Bonchev–Trinajstić information content (AvgIpc) is 2.85. The summed E-state index contributed by atoms with van der Waals surface area (Å²) >= 11 is 0. The van der Waals surface area contributed by atoms with Gasteiger partial charge in [-0.1, -0.05) is 57.2 Å². The molecule has 36 heavy (non-hydrogen) atoms. The van der Waals surface area contributed by atoms with Crippen LogP contribution in [0.2, 0.25) is 0 Å². The Morgan fingerprint density at radius 1 is 1.11 bits per heavy atom. The van der Waals surface area contributed by atoms with Gasteiger partial charge in [0.05, 0.1) is 6.10 Å². The number of amides is 3. The third-order valence-corrected chi connectivity index (χ3v) is 8.65.